The Morgan fingerprint density at radius 2 is 2.00 bits per heavy atom. The summed E-state index contributed by atoms with van der Waals surface area (Å²) < 4.78 is 0. The summed E-state index contributed by atoms with van der Waals surface area (Å²) in [6, 6.07) is 4.17. The zero-order chi connectivity index (χ0) is 11.9. The second-order valence-corrected chi connectivity index (χ2v) is 4.73. The Hall–Kier alpha value is -1.44. The molecule has 3 N–H and O–H groups in total. The molecule has 1 heterocycles. The fourth-order valence-corrected chi connectivity index (χ4v) is 2.47. The lowest BCUT2D eigenvalue weighted by Gasteiger charge is -2.09. The molecule has 0 aliphatic rings. The molecule has 0 spiro atoms. The van der Waals surface area contributed by atoms with E-state index in [2.05, 4.69) is 38.7 Å². The highest BCUT2D eigenvalue weighted by Gasteiger charge is 2.14. The first-order valence-electron chi connectivity index (χ1n) is 5.95. The summed E-state index contributed by atoms with van der Waals surface area (Å²) in [4.78, 5) is 3.49. The lowest BCUT2D eigenvalue weighted by atomic mass is 9.98. The molecule has 1 aromatic heterocycles. The highest BCUT2D eigenvalue weighted by atomic mass is 14.7. The second kappa shape index (κ2) is 3.85. The van der Waals surface area contributed by atoms with E-state index in [-0.39, 0.29) is 0 Å². The quantitative estimate of drug-likeness (QED) is 0.738. The van der Waals surface area contributed by atoms with E-state index in [0.717, 1.165) is 12.1 Å². The van der Waals surface area contributed by atoms with Gasteiger partial charge in [-0.15, -0.1) is 0 Å². The van der Waals surface area contributed by atoms with Crippen LogP contribution < -0.4 is 5.73 Å². The van der Waals surface area contributed by atoms with Gasteiger partial charge in [0.1, 0.15) is 0 Å². The molecule has 2 nitrogen and oxygen atoms in total. The topological polar surface area (TPSA) is 41.8 Å². The van der Waals surface area contributed by atoms with E-state index in [1.54, 1.807) is 0 Å². The van der Waals surface area contributed by atoms with Crippen LogP contribution in [0.5, 0.6) is 0 Å². The van der Waals surface area contributed by atoms with Crippen molar-refractivity contribution in [2.45, 2.75) is 40.0 Å². The minimum atomic E-state index is 0.519. The van der Waals surface area contributed by atoms with Gasteiger partial charge in [-0.2, -0.15) is 0 Å². The van der Waals surface area contributed by atoms with Gasteiger partial charge in [-0.3, -0.25) is 0 Å². The van der Waals surface area contributed by atoms with Crippen molar-refractivity contribution >= 4 is 16.6 Å². The van der Waals surface area contributed by atoms with Crippen LogP contribution in [0.1, 0.15) is 43.5 Å². The molecule has 0 saturated carbocycles. The molecule has 0 bridgehead atoms. The largest absolute Gasteiger partial charge is 0.398 e. The van der Waals surface area contributed by atoms with Crippen molar-refractivity contribution in [1.82, 2.24) is 4.98 Å². The number of rotatable bonds is 2. The number of hydrogen-bond donors (Lipinski definition) is 2. The SMILES string of the molecule is CCc1c(C)[nH]c2c(C(C)C)ccc(N)c12. The van der Waals surface area contributed by atoms with Crippen LogP contribution in [0.4, 0.5) is 5.69 Å². The number of H-pyrrole nitrogens is 1. The Morgan fingerprint density at radius 3 is 2.56 bits per heavy atom. The predicted molar refractivity (Wildman–Crippen MR) is 70.9 cm³/mol. The number of aromatic amines is 1. The van der Waals surface area contributed by atoms with Crippen LogP contribution in [0.25, 0.3) is 10.9 Å². The fraction of sp³-hybridized carbons (Fsp3) is 0.429. The van der Waals surface area contributed by atoms with E-state index in [1.165, 1.54) is 27.7 Å². The monoisotopic (exact) mass is 216 g/mol. The summed E-state index contributed by atoms with van der Waals surface area (Å²) in [5.74, 6) is 0.519. The van der Waals surface area contributed by atoms with Crippen LogP contribution in [-0.4, -0.2) is 4.98 Å². The van der Waals surface area contributed by atoms with Crippen molar-refractivity contribution < 1.29 is 0 Å². The van der Waals surface area contributed by atoms with Crippen LogP contribution in [0.15, 0.2) is 12.1 Å². The highest BCUT2D eigenvalue weighted by Crippen LogP contribution is 2.33. The normalized spacial score (nSPS) is 11.6. The van der Waals surface area contributed by atoms with Crippen LogP contribution in [-0.2, 0) is 6.42 Å². The van der Waals surface area contributed by atoms with Gasteiger partial charge in [-0.25, -0.2) is 0 Å². The minimum absolute atomic E-state index is 0.519. The Morgan fingerprint density at radius 1 is 1.31 bits per heavy atom. The Kier molecular flexibility index (Phi) is 2.66. The Balaban J connectivity index is 2.86. The first kappa shape index (κ1) is 11.1. The van der Waals surface area contributed by atoms with E-state index in [4.69, 9.17) is 5.73 Å². The second-order valence-electron chi connectivity index (χ2n) is 4.73. The maximum Gasteiger partial charge on any atom is 0.0514 e. The number of benzene rings is 1. The third-order valence-electron chi connectivity index (χ3n) is 3.31. The minimum Gasteiger partial charge on any atom is -0.398 e. The molecule has 16 heavy (non-hydrogen) atoms. The first-order chi connectivity index (χ1) is 7.56. The van der Waals surface area contributed by atoms with Crippen molar-refractivity contribution in [2.24, 2.45) is 0 Å². The number of nitrogens with two attached hydrogens (primary N) is 1. The molecule has 2 heteroatoms. The van der Waals surface area contributed by atoms with E-state index in [1.807, 2.05) is 6.07 Å². The fourth-order valence-electron chi connectivity index (χ4n) is 2.47. The number of nitrogens with one attached hydrogen (secondary N) is 1. The summed E-state index contributed by atoms with van der Waals surface area (Å²) >= 11 is 0. The average molecular weight is 216 g/mol. The van der Waals surface area contributed by atoms with Gasteiger partial charge in [-0.1, -0.05) is 26.8 Å². The molecule has 0 atom stereocenters. The molecule has 0 aliphatic heterocycles. The van der Waals surface area contributed by atoms with Crippen molar-refractivity contribution in [1.29, 1.82) is 0 Å². The molecule has 0 fully saturated rings. The lowest BCUT2D eigenvalue weighted by molar-refractivity contribution is 0.873. The van der Waals surface area contributed by atoms with Gasteiger partial charge >= 0.3 is 0 Å². The molecular weight excluding hydrogens is 196 g/mol. The number of anilines is 1. The van der Waals surface area contributed by atoms with Gasteiger partial charge in [0.25, 0.3) is 0 Å². The summed E-state index contributed by atoms with van der Waals surface area (Å²) in [6.07, 6.45) is 1.03. The smallest absolute Gasteiger partial charge is 0.0514 e. The molecule has 0 radical (unpaired) electrons. The molecule has 0 saturated heterocycles. The highest BCUT2D eigenvalue weighted by molar-refractivity contribution is 5.97. The van der Waals surface area contributed by atoms with E-state index >= 15 is 0 Å². The molecule has 1 aromatic carbocycles. The van der Waals surface area contributed by atoms with Gasteiger partial charge in [0.15, 0.2) is 0 Å². The summed E-state index contributed by atoms with van der Waals surface area (Å²) in [5, 5.41) is 1.23. The number of aryl methyl sites for hydroxylation is 2. The van der Waals surface area contributed by atoms with E-state index in [9.17, 15) is 0 Å². The lowest BCUT2D eigenvalue weighted by Crippen LogP contribution is -1.93. The van der Waals surface area contributed by atoms with Crippen LogP contribution >= 0.6 is 0 Å². The van der Waals surface area contributed by atoms with Gasteiger partial charge in [0.2, 0.25) is 0 Å². The zero-order valence-electron chi connectivity index (χ0n) is 10.5. The van der Waals surface area contributed by atoms with Gasteiger partial charge in [0.05, 0.1) is 5.52 Å². The van der Waals surface area contributed by atoms with Gasteiger partial charge in [0, 0.05) is 16.8 Å². The molecular formula is C14H20N2. The molecule has 2 rings (SSSR count). The standard InChI is InChI=1S/C14H20N2/c1-5-10-9(4)16-14-11(8(2)3)6-7-12(15)13(10)14/h6-8,16H,5,15H2,1-4H3. The maximum atomic E-state index is 6.09. The van der Waals surface area contributed by atoms with Crippen LogP contribution in [0.3, 0.4) is 0 Å². The van der Waals surface area contributed by atoms with Crippen molar-refractivity contribution in [3.8, 4) is 0 Å². The van der Waals surface area contributed by atoms with Crippen LogP contribution in [0.2, 0.25) is 0 Å². The Bertz CT molecular complexity index is 521. The van der Waals surface area contributed by atoms with Crippen LogP contribution in [0, 0.1) is 6.92 Å². The molecule has 0 unspecified atom stereocenters. The molecule has 86 valence electrons. The maximum absolute atomic E-state index is 6.09. The number of aromatic nitrogens is 1. The first-order valence-corrected chi connectivity index (χ1v) is 5.95. The predicted octanol–water partition coefficient (Wildman–Crippen LogP) is 3.74. The molecule has 0 aliphatic carbocycles. The number of fused-ring (bicyclic) bond motifs is 1. The number of hydrogen-bond acceptors (Lipinski definition) is 1. The third kappa shape index (κ3) is 1.49. The molecule has 2 aromatic rings. The van der Waals surface area contributed by atoms with Gasteiger partial charge < -0.3 is 10.7 Å². The summed E-state index contributed by atoms with van der Waals surface area (Å²) in [5.41, 5.74) is 12.2. The average Bonchev–Trinajstić information content (AvgIpc) is 2.55. The summed E-state index contributed by atoms with van der Waals surface area (Å²) in [7, 11) is 0. The van der Waals surface area contributed by atoms with Crippen molar-refractivity contribution in [2.75, 3.05) is 5.73 Å². The number of nitrogen functional groups attached to an aromatic ring is 1. The van der Waals surface area contributed by atoms with E-state index < -0.39 is 0 Å². The zero-order valence-corrected chi connectivity index (χ0v) is 10.5. The van der Waals surface area contributed by atoms with E-state index in [0.29, 0.717) is 5.92 Å². The Labute approximate surface area is 96.9 Å². The van der Waals surface area contributed by atoms with Crippen molar-refractivity contribution in [3.05, 3.63) is 29.0 Å². The van der Waals surface area contributed by atoms with Gasteiger partial charge in [-0.05, 0) is 36.5 Å². The third-order valence-corrected chi connectivity index (χ3v) is 3.31. The summed E-state index contributed by atoms with van der Waals surface area (Å²) in [6.45, 7) is 8.74. The van der Waals surface area contributed by atoms with Crippen molar-refractivity contribution in [3.63, 3.8) is 0 Å². The molecule has 0 amide bonds.